The number of nitrogens with one attached hydrogen (secondary N) is 3. The fourth-order valence-corrected chi connectivity index (χ4v) is 1.90. The molecule has 1 aliphatic rings. The van der Waals surface area contributed by atoms with E-state index in [2.05, 4.69) is 16.0 Å². The predicted molar refractivity (Wildman–Crippen MR) is 83.1 cm³/mol. The maximum Gasteiger partial charge on any atom is 0.412 e. The van der Waals surface area contributed by atoms with Gasteiger partial charge in [0.25, 0.3) is 0 Å². The van der Waals surface area contributed by atoms with Gasteiger partial charge in [0, 0.05) is 19.2 Å². The molecule has 0 aromatic heterocycles. The van der Waals surface area contributed by atoms with E-state index < -0.39 is 11.7 Å². The van der Waals surface area contributed by atoms with Crippen molar-refractivity contribution in [2.75, 3.05) is 30.8 Å². The maximum absolute atomic E-state index is 11.9. The van der Waals surface area contributed by atoms with Crippen molar-refractivity contribution in [2.45, 2.75) is 32.4 Å². The molecule has 1 aromatic rings. The summed E-state index contributed by atoms with van der Waals surface area (Å²) in [6, 6.07) is 5.83. The average molecular weight is 293 g/mol. The third-order valence-corrected chi connectivity index (χ3v) is 3.00. The lowest BCUT2D eigenvalue weighted by molar-refractivity contribution is 0.0636. The predicted octanol–water partition coefficient (Wildman–Crippen LogP) is 2.43. The van der Waals surface area contributed by atoms with Gasteiger partial charge in [-0.15, -0.1) is 0 Å². The van der Waals surface area contributed by atoms with Crippen LogP contribution in [0.3, 0.4) is 0 Å². The fourth-order valence-electron chi connectivity index (χ4n) is 1.90. The van der Waals surface area contributed by atoms with Crippen molar-refractivity contribution >= 4 is 17.5 Å². The molecule has 0 bridgehead atoms. The number of carbonyl (C=O) groups is 1. The molecule has 0 saturated carbocycles. The Kier molecular flexibility index (Phi) is 4.57. The molecule has 0 spiro atoms. The Hall–Kier alpha value is -1.95. The Morgan fingerprint density at radius 3 is 2.52 bits per heavy atom. The van der Waals surface area contributed by atoms with E-state index in [1.165, 1.54) is 0 Å². The second-order valence-electron chi connectivity index (χ2n) is 6.04. The van der Waals surface area contributed by atoms with E-state index in [0.29, 0.717) is 11.7 Å². The highest BCUT2D eigenvalue weighted by Crippen LogP contribution is 2.28. The van der Waals surface area contributed by atoms with Crippen molar-refractivity contribution in [2.24, 2.45) is 0 Å². The van der Waals surface area contributed by atoms with Gasteiger partial charge in [-0.05, 0) is 32.9 Å². The van der Waals surface area contributed by atoms with Gasteiger partial charge in [0.2, 0.25) is 0 Å². The molecule has 1 aromatic carbocycles. The second-order valence-corrected chi connectivity index (χ2v) is 6.04. The standard InChI is InChI=1S/C15H23N3O3/c1-15(2,3)21-14(19)18-12-6-5-11(20-4)7-13(12)17-10-8-16-9-10/h5-7,10,16-17H,8-9H2,1-4H3,(H,18,19). The van der Waals surface area contributed by atoms with Crippen LogP contribution in [0.4, 0.5) is 16.2 Å². The molecule has 21 heavy (non-hydrogen) atoms. The highest BCUT2D eigenvalue weighted by atomic mass is 16.6. The van der Waals surface area contributed by atoms with E-state index in [4.69, 9.17) is 9.47 Å². The van der Waals surface area contributed by atoms with Crippen LogP contribution in [0.5, 0.6) is 5.75 Å². The van der Waals surface area contributed by atoms with Crippen molar-refractivity contribution in [1.82, 2.24) is 5.32 Å². The van der Waals surface area contributed by atoms with Crippen LogP contribution in [0.2, 0.25) is 0 Å². The van der Waals surface area contributed by atoms with Gasteiger partial charge < -0.3 is 20.1 Å². The number of carbonyl (C=O) groups excluding carboxylic acids is 1. The molecule has 1 aliphatic heterocycles. The van der Waals surface area contributed by atoms with Crippen LogP contribution in [-0.2, 0) is 4.74 Å². The molecule has 1 fully saturated rings. The van der Waals surface area contributed by atoms with E-state index in [9.17, 15) is 4.79 Å². The quantitative estimate of drug-likeness (QED) is 0.795. The Bertz CT molecular complexity index is 507. The molecule has 0 radical (unpaired) electrons. The van der Waals surface area contributed by atoms with Crippen LogP contribution in [0.1, 0.15) is 20.8 Å². The molecule has 6 nitrogen and oxygen atoms in total. The molecule has 0 atom stereocenters. The third kappa shape index (κ3) is 4.53. The zero-order valence-electron chi connectivity index (χ0n) is 12.9. The van der Waals surface area contributed by atoms with E-state index in [1.54, 1.807) is 19.2 Å². The van der Waals surface area contributed by atoms with Gasteiger partial charge in [0.15, 0.2) is 0 Å². The molecular formula is C15H23N3O3. The van der Waals surface area contributed by atoms with Crippen LogP contribution in [0.25, 0.3) is 0 Å². The van der Waals surface area contributed by atoms with Gasteiger partial charge in [-0.1, -0.05) is 0 Å². The topological polar surface area (TPSA) is 71.6 Å². The number of methoxy groups -OCH3 is 1. The number of rotatable bonds is 4. The summed E-state index contributed by atoms with van der Waals surface area (Å²) in [4.78, 5) is 11.9. The van der Waals surface area contributed by atoms with Crippen LogP contribution in [0.15, 0.2) is 18.2 Å². The summed E-state index contributed by atoms with van der Waals surface area (Å²) in [6.45, 7) is 7.31. The zero-order valence-corrected chi connectivity index (χ0v) is 12.9. The molecule has 3 N–H and O–H groups in total. The van der Waals surface area contributed by atoms with E-state index >= 15 is 0 Å². The summed E-state index contributed by atoms with van der Waals surface area (Å²) < 4.78 is 10.5. The smallest absolute Gasteiger partial charge is 0.412 e. The fraction of sp³-hybridized carbons (Fsp3) is 0.533. The highest BCUT2D eigenvalue weighted by Gasteiger charge is 2.20. The lowest BCUT2D eigenvalue weighted by Crippen LogP contribution is -2.51. The third-order valence-electron chi connectivity index (χ3n) is 3.00. The number of hydrogen-bond acceptors (Lipinski definition) is 5. The largest absolute Gasteiger partial charge is 0.497 e. The summed E-state index contributed by atoms with van der Waals surface area (Å²) in [5.41, 5.74) is 0.978. The van der Waals surface area contributed by atoms with Crippen molar-refractivity contribution in [3.8, 4) is 5.75 Å². The molecule has 1 saturated heterocycles. The van der Waals surface area contributed by atoms with Crippen molar-refractivity contribution in [3.63, 3.8) is 0 Å². The Labute approximate surface area is 125 Å². The molecule has 6 heteroatoms. The molecule has 1 amide bonds. The molecule has 0 unspecified atom stereocenters. The summed E-state index contributed by atoms with van der Waals surface area (Å²) >= 11 is 0. The van der Waals surface area contributed by atoms with Gasteiger partial charge >= 0.3 is 6.09 Å². The van der Waals surface area contributed by atoms with Crippen molar-refractivity contribution in [3.05, 3.63) is 18.2 Å². The molecule has 116 valence electrons. The van der Waals surface area contributed by atoms with Crippen LogP contribution >= 0.6 is 0 Å². The van der Waals surface area contributed by atoms with Gasteiger partial charge in [-0.25, -0.2) is 4.79 Å². The lowest BCUT2D eigenvalue weighted by Gasteiger charge is -2.30. The van der Waals surface area contributed by atoms with Crippen molar-refractivity contribution < 1.29 is 14.3 Å². The highest BCUT2D eigenvalue weighted by molar-refractivity contribution is 5.90. The molecular weight excluding hydrogens is 270 g/mol. The summed E-state index contributed by atoms with van der Waals surface area (Å²) in [6.07, 6.45) is -0.470. The first-order chi connectivity index (χ1) is 9.87. The zero-order chi connectivity index (χ0) is 15.5. The Morgan fingerprint density at radius 1 is 1.29 bits per heavy atom. The van der Waals surface area contributed by atoms with Crippen molar-refractivity contribution in [1.29, 1.82) is 0 Å². The number of ether oxygens (including phenoxy) is 2. The minimum atomic E-state index is -0.526. The molecule has 0 aliphatic carbocycles. The Balaban J connectivity index is 2.11. The minimum absolute atomic E-state index is 0.358. The normalized spacial score (nSPS) is 15.0. The van der Waals surface area contributed by atoms with Crippen LogP contribution < -0.4 is 20.7 Å². The summed E-state index contributed by atoms with van der Waals surface area (Å²) in [5.74, 6) is 0.736. The SMILES string of the molecule is COc1ccc(NC(=O)OC(C)(C)C)c(NC2CNC2)c1. The van der Waals surface area contributed by atoms with Gasteiger partial charge in [-0.3, -0.25) is 5.32 Å². The number of anilines is 2. The number of hydrogen-bond donors (Lipinski definition) is 3. The summed E-state index contributed by atoms with van der Waals surface area (Å²) in [7, 11) is 1.62. The van der Waals surface area contributed by atoms with E-state index in [0.717, 1.165) is 24.5 Å². The Morgan fingerprint density at radius 2 is 2.00 bits per heavy atom. The number of benzene rings is 1. The molecule has 1 heterocycles. The first-order valence-electron chi connectivity index (χ1n) is 7.03. The number of amides is 1. The summed E-state index contributed by atoms with van der Waals surface area (Å²) in [5, 5.41) is 9.34. The monoisotopic (exact) mass is 293 g/mol. The van der Waals surface area contributed by atoms with E-state index in [1.807, 2.05) is 26.8 Å². The van der Waals surface area contributed by atoms with Gasteiger partial charge in [0.05, 0.1) is 24.5 Å². The second kappa shape index (κ2) is 6.22. The molecule has 2 rings (SSSR count). The average Bonchev–Trinajstić information content (AvgIpc) is 2.33. The lowest BCUT2D eigenvalue weighted by atomic mass is 10.1. The first-order valence-corrected chi connectivity index (χ1v) is 7.03. The maximum atomic E-state index is 11.9. The van der Waals surface area contributed by atoms with Gasteiger partial charge in [-0.2, -0.15) is 0 Å². The van der Waals surface area contributed by atoms with Crippen LogP contribution in [-0.4, -0.2) is 37.9 Å². The first kappa shape index (κ1) is 15.4. The van der Waals surface area contributed by atoms with E-state index in [-0.39, 0.29) is 0 Å². The minimum Gasteiger partial charge on any atom is -0.497 e. The van der Waals surface area contributed by atoms with Crippen LogP contribution in [0, 0.1) is 0 Å². The van der Waals surface area contributed by atoms with Gasteiger partial charge in [0.1, 0.15) is 11.4 Å².